The number of nitrogens with one attached hydrogen (secondary N) is 3. The summed E-state index contributed by atoms with van der Waals surface area (Å²) < 4.78 is 24.8. The molecule has 176 valence electrons. The van der Waals surface area contributed by atoms with Crippen molar-refractivity contribution in [2.24, 2.45) is 5.41 Å². The van der Waals surface area contributed by atoms with E-state index in [2.05, 4.69) is 24.5 Å². The summed E-state index contributed by atoms with van der Waals surface area (Å²) in [5.74, 6) is -0.828. The van der Waals surface area contributed by atoms with Crippen LogP contribution in [-0.2, 0) is 16.4 Å². The third-order valence-corrected chi connectivity index (χ3v) is 6.44. The van der Waals surface area contributed by atoms with Crippen molar-refractivity contribution in [1.82, 2.24) is 4.72 Å². The summed E-state index contributed by atoms with van der Waals surface area (Å²) in [7, 11) is -3.64. The van der Waals surface area contributed by atoms with Gasteiger partial charge in [-0.2, -0.15) is 0 Å². The van der Waals surface area contributed by atoms with Crippen LogP contribution in [0.25, 0.3) is 0 Å². The Labute approximate surface area is 199 Å². The van der Waals surface area contributed by atoms with Gasteiger partial charge in [-0.15, -0.1) is 0 Å². The number of hydrogen-bond donors (Lipinski definition) is 3. The highest BCUT2D eigenvalue weighted by atomic mass is 32.2. The molecule has 0 aromatic heterocycles. The van der Waals surface area contributed by atoms with Crippen molar-refractivity contribution < 1.29 is 18.0 Å². The Kier molecular flexibility index (Phi) is 6.18. The smallest absolute Gasteiger partial charge is 0.264 e. The van der Waals surface area contributed by atoms with Crippen LogP contribution in [0.4, 0.5) is 11.4 Å². The predicted octanol–water partition coefficient (Wildman–Crippen LogP) is 4.36. The number of fused-ring (bicyclic) bond motifs is 1. The first-order valence-corrected chi connectivity index (χ1v) is 12.8. The molecule has 0 saturated heterocycles. The third-order valence-electron chi connectivity index (χ3n) is 5.89. The highest BCUT2D eigenvalue weighted by Crippen LogP contribution is 2.45. The van der Waals surface area contributed by atoms with Crippen LogP contribution in [0.5, 0.6) is 0 Å². The number of amides is 2. The van der Waals surface area contributed by atoms with Gasteiger partial charge >= 0.3 is 0 Å². The summed E-state index contributed by atoms with van der Waals surface area (Å²) in [5.41, 5.74) is 4.14. The number of anilines is 2. The minimum atomic E-state index is -3.64. The SMILES string of the molecule is CC1(C)Cc2cc(C(=O)NS(C)(=O)=O)ccc2NC1c1cccc(C(=O)Nc2ccccc2)c1. The van der Waals surface area contributed by atoms with Gasteiger partial charge in [-0.05, 0) is 65.4 Å². The zero-order chi connectivity index (χ0) is 24.5. The molecule has 34 heavy (non-hydrogen) atoms. The Balaban J connectivity index is 1.58. The highest BCUT2D eigenvalue weighted by molar-refractivity contribution is 7.89. The van der Waals surface area contributed by atoms with Crippen LogP contribution in [-0.4, -0.2) is 26.5 Å². The molecule has 1 unspecified atom stereocenters. The Morgan fingerprint density at radius 2 is 1.62 bits per heavy atom. The van der Waals surface area contributed by atoms with Gasteiger partial charge in [0.1, 0.15) is 0 Å². The van der Waals surface area contributed by atoms with Gasteiger partial charge in [0.2, 0.25) is 10.0 Å². The van der Waals surface area contributed by atoms with Crippen molar-refractivity contribution >= 4 is 33.2 Å². The molecule has 1 aliphatic heterocycles. The number of rotatable bonds is 5. The molecule has 8 heteroatoms. The first-order chi connectivity index (χ1) is 16.0. The van der Waals surface area contributed by atoms with E-state index in [1.807, 2.05) is 53.3 Å². The number of carbonyl (C=O) groups is 2. The molecular weight excluding hydrogens is 450 g/mol. The molecule has 0 aliphatic carbocycles. The van der Waals surface area contributed by atoms with Crippen molar-refractivity contribution in [1.29, 1.82) is 0 Å². The van der Waals surface area contributed by atoms with E-state index in [0.29, 0.717) is 17.5 Å². The largest absolute Gasteiger partial charge is 0.377 e. The highest BCUT2D eigenvalue weighted by Gasteiger charge is 2.36. The number of sulfonamides is 1. The summed E-state index contributed by atoms with van der Waals surface area (Å²) in [6, 6.07) is 21.9. The molecule has 1 aliphatic rings. The maximum Gasteiger partial charge on any atom is 0.264 e. The van der Waals surface area contributed by atoms with E-state index in [1.165, 1.54) is 0 Å². The van der Waals surface area contributed by atoms with Crippen LogP contribution >= 0.6 is 0 Å². The lowest BCUT2D eigenvalue weighted by Crippen LogP contribution is -2.35. The van der Waals surface area contributed by atoms with Gasteiger partial charge in [-0.25, -0.2) is 13.1 Å². The van der Waals surface area contributed by atoms with E-state index in [9.17, 15) is 18.0 Å². The van der Waals surface area contributed by atoms with Gasteiger partial charge in [0.15, 0.2) is 0 Å². The van der Waals surface area contributed by atoms with E-state index in [1.54, 1.807) is 24.3 Å². The average molecular weight is 478 g/mol. The summed E-state index contributed by atoms with van der Waals surface area (Å²) in [6.07, 6.45) is 1.62. The first-order valence-electron chi connectivity index (χ1n) is 10.9. The Morgan fingerprint density at radius 3 is 2.32 bits per heavy atom. The molecule has 3 N–H and O–H groups in total. The van der Waals surface area contributed by atoms with E-state index in [0.717, 1.165) is 28.8 Å². The normalized spacial score (nSPS) is 16.6. The zero-order valence-electron chi connectivity index (χ0n) is 19.3. The maximum absolute atomic E-state index is 12.8. The quantitative estimate of drug-likeness (QED) is 0.506. The number of carbonyl (C=O) groups excluding carboxylic acids is 2. The number of hydrogen-bond acceptors (Lipinski definition) is 5. The minimum absolute atomic E-state index is 0.0693. The van der Waals surface area contributed by atoms with Crippen LogP contribution in [0.1, 0.15) is 51.7 Å². The van der Waals surface area contributed by atoms with Crippen molar-refractivity contribution in [3.05, 3.63) is 95.1 Å². The number of benzene rings is 3. The standard InChI is InChI=1S/C26H27N3O4S/c1-26(2)16-20-15-19(25(31)29-34(3,32)33)12-13-22(20)28-23(26)17-8-7-9-18(14-17)24(30)27-21-10-5-4-6-11-21/h4-15,23,28H,16H2,1-3H3,(H,27,30)(H,29,31). The van der Waals surface area contributed by atoms with Crippen LogP contribution < -0.4 is 15.4 Å². The Morgan fingerprint density at radius 1 is 0.912 bits per heavy atom. The molecule has 1 heterocycles. The fourth-order valence-electron chi connectivity index (χ4n) is 4.31. The zero-order valence-corrected chi connectivity index (χ0v) is 20.1. The monoisotopic (exact) mass is 477 g/mol. The van der Waals surface area contributed by atoms with Crippen molar-refractivity contribution in [3.8, 4) is 0 Å². The molecule has 4 rings (SSSR count). The fourth-order valence-corrected chi connectivity index (χ4v) is 4.77. The minimum Gasteiger partial charge on any atom is -0.377 e. The molecule has 0 bridgehead atoms. The predicted molar refractivity (Wildman–Crippen MR) is 133 cm³/mol. The van der Waals surface area contributed by atoms with Crippen LogP contribution in [0.15, 0.2) is 72.8 Å². The Hall–Kier alpha value is -3.65. The molecule has 7 nitrogen and oxygen atoms in total. The van der Waals surface area contributed by atoms with Crippen LogP contribution in [0.3, 0.4) is 0 Å². The Bertz CT molecular complexity index is 1350. The maximum atomic E-state index is 12.8. The van der Waals surface area contributed by atoms with Gasteiger partial charge in [-0.3, -0.25) is 9.59 Å². The molecule has 0 spiro atoms. The summed E-state index contributed by atoms with van der Waals surface area (Å²) >= 11 is 0. The lowest BCUT2D eigenvalue weighted by molar-refractivity contribution is 0.0980. The topological polar surface area (TPSA) is 104 Å². The van der Waals surface area contributed by atoms with Crippen molar-refractivity contribution in [2.75, 3.05) is 16.9 Å². The van der Waals surface area contributed by atoms with Gasteiger partial charge < -0.3 is 10.6 Å². The summed E-state index contributed by atoms with van der Waals surface area (Å²) in [6.45, 7) is 4.24. The first kappa shape index (κ1) is 23.5. The second kappa shape index (κ2) is 8.95. The van der Waals surface area contributed by atoms with Crippen molar-refractivity contribution in [2.45, 2.75) is 26.3 Å². The fraction of sp³-hybridized carbons (Fsp3) is 0.231. The number of para-hydroxylation sites is 1. The van der Waals surface area contributed by atoms with Crippen LogP contribution in [0.2, 0.25) is 0 Å². The lowest BCUT2D eigenvalue weighted by Gasteiger charge is -2.41. The molecule has 0 fully saturated rings. The van der Waals surface area contributed by atoms with Gasteiger partial charge in [-0.1, -0.05) is 44.2 Å². The van der Waals surface area contributed by atoms with Gasteiger partial charge in [0, 0.05) is 22.5 Å². The van der Waals surface area contributed by atoms with Gasteiger partial charge in [0.05, 0.1) is 12.3 Å². The molecule has 3 aromatic rings. The molecule has 3 aromatic carbocycles. The second-order valence-electron chi connectivity index (χ2n) is 9.26. The average Bonchev–Trinajstić information content (AvgIpc) is 2.77. The summed E-state index contributed by atoms with van der Waals surface area (Å²) in [5, 5.41) is 6.47. The van der Waals surface area contributed by atoms with Gasteiger partial charge in [0.25, 0.3) is 11.8 Å². The molecular formula is C26H27N3O4S. The van der Waals surface area contributed by atoms with Crippen LogP contribution in [0, 0.1) is 5.41 Å². The van der Waals surface area contributed by atoms with E-state index in [-0.39, 0.29) is 17.4 Å². The third kappa shape index (κ3) is 5.28. The van der Waals surface area contributed by atoms with E-state index in [4.69, 9.17) is 0 Å². The second-order valence-corrected chi connectivity index (χ2v) is 11.0. The van der Waals surface area contributed by atoms with E-state index < -0.39 is 15.9 Å². The molecule has 0 radical (unpaired) electrons. The summed E-state index contributed by atoms with van der Waals surface area (Å²) in [4.78, 5) is 25.1. The molecule has 2 amide bonds. The van der Waals surface area contributed by atoms with E-state index >= 15 is 0 Å². The van der Waals surface area contributed by atoms with Crippen molar-refractivity contribution in [3.63, 3.8) is 0 Å². The molecule has 0 saturated carbocycles. The lowest BCUT2D eigenvalue weighted by atomic mass is 9.72. The molecule has 1 atom stereocenters.